The Morgan fingerprint density at radius 2 is 1.67 bits per heavy atom. The Bertz CT molecular complexity index is 908. The maximum Gasteiger partial charge on any atom is 0.337 e. The highest BCUT2D eigenvalue weighted by molar-refractivity contribution is 6.10. The fourth-order valence-corrected chi connectivity index (χ4v) is 2.06. The van der Waals surface area contributed by atoms with Crippen molar-refractivity contribution in [3.05, 3.63) is 71.3 Å². The summed E-state index contributed by atoms with van der Waals surface area (Å²) in [5.41, 5.74) is 0.588. The average molecular weight is 374 g/mol. The minimum atomic E-state index is -0.926. The van der Waals surface area contributed by atoms with E-state index in [-0.39, 0.29) is 11.3 Å². The van der Waals surface area contributed by atoms with E-state index in [9.17, 15) is 23.2 Å². The fourth-order valence-electron chi connectivity index (χ4n) is 2.06. The van der Waals surface area contributed by atoms with Crippen LogP contribution < -0.4 is 10.6 Å². The smallest absolute Gasteiger partial charge is 0.337 e. The van der Waals surface area contributed by atoms with Crippen LogP contribution in [0.25, 0.3) is 0 Å². The number of hydrogen-bond acceptors (Lipinski definition) is 4. The molecule has 0 aliphatic rings. The first-order valence-corrected chi connectivity index (χ1v) is 7.74. The number of hydrogen-bond donors (Lipinski definition) is 2. The van der Waals surface area contributed by atoms with Crippen molar-refractivity contribution < 1.29 is 27.9 Å². The second-order valence-corrected chi connectivity index (χ2v) is 5.46. The zero-order valence-corrected chi connectivity index (χ0v) is 14.5. The number of methoxy groups -OCH3 is 1. The molecule has 27 heavy (non-hydrogen) atoms. The van der Waals surface area contributed by atoms with Gasteiger partial charge in [0, 0.05) is 23.4 Å². The third kappa shape index (κ3) is 5.46. The molecule has 2 aromatic rings. The molecule has 8 heteroatoms. The van der Waals surface area contributed by atoms with Gasteiger partial charge < -0.3 is 15.4 Å². The van der Waals surface area contributed by atoms with Crippen LogP contribution in [0.3, 0.4) is 0 Å². The number of carbonyl (C=O) groups is 3. The number of halogens is 2. The maximum absolute atomic E-state index is 13.5. The Balaban J connectivity index is 2.00. The Labute approximate surface area is 153 Å². The van der Waals surface area contributed by atoms with Crippen molar-refractivity contribution in [2.24, 2.45) is 0 Å². The summed E-state index contributed by atoms with van der Waals surface area (Å²) in [5.74, 6) is -3.50. The largest absolute Gasteiger partial charge is 0.465 e. The number of rotatable bonds is 5. The van der Waals surface area contributed by atoms with Gasteiger partial charge in [-0.3, -0.25) is 9.59 Å². The molecule has 0 heterocycles. The van der Waals surface area contributed by atoms with Crippen LogP contribution in [0.15, 0.2) is 54.1 Å². The summed E-state index contributed by atoms with van der Waals surface area (Å²) in [6.07, 6.45) is 0.987. The fraction of sp³-hybridized carbons (Fsp3) is 0.105. The van der Waals surface area contributed by atoms with Crippen molar-refractivity contribution in [2.75, 3.05) is 17.7 Å². The molecule has 0 aliphatic heterocycles. The van der Waals surface area contributed by atoms with Gasteiger partial charge >= 0.3 is 5.97 Å². The highest BCUT2D eigenvalue weighted by Gasteiger charge is 2.11. The minimum Gasteiger partial charge on any atom is -0.465 e. The van der Waals surface area contributed by atoms with E-state index in [1.54, 1.807) is 0 Å². The molecule has 140 valence electrons. The molecular formula is C19H16F2N2O4. The van der Waals surface area contributed by atoms with E-state index >= 15 is 0 Å². The lowest BCUT2D eigenvalue weighted by Gasteiger charge is -2.07. The van der Waals surface area contributed by atoms with Crippen molar-refractivity contribution in [3.8, 4) is 0 Å². The monoisotopic (exact) mass is 374 g/mol. The Morgan fingerprint density at radius 3 is 2.26 bits per heavy atom. The van der Waals surface area contributed by atoms with E-state index in [2.05, 4.69) is 15.4 Å². The van der Waals surface area contributed by atoms with Crippen LogP contribution in [-0.2, 0) is 14.3 Å². The summed E-state index contributed by atoms with van der Waals surface area (Å²) in [7, 11) is 1.26. The van der Waals surface area contributed by atoms with Crippen LogP contribution in [0.1, 0.15) is 17.3 Å². The van der Waals surface area contributed by atoms with Crippen LogP contribution >= 0.6 is 0 Å². The first-order valence-electron chi connectivity index (χ1n) is 7.74. The molecule has 0 saturated heterocycles. The topological polar surface area (TPSA) is 84.5 Å². The standard InChI is InChI=1S/C19H16F2N2O4/c1-11(9-17(24)23-16-8-5-13(20)10-15(16)21)18(25)22-14-6-3-12(4-7-14)19(26)27-2/h3-10H,1-2H3,(H,22,25)(H,23,24)/b11-9+. The zero-order chi connectivity index (χ0) is 20.0. The van der Waals surface area contributed by atoms with Crippen LogP contribution in [-0.4, -0.2) is 24.9 Å². The molecule has 0 aliphatic carbocycles. The molecule has 2 aromatic carbocycles. The molecule has 0 bridgehead atoms. The highest BCUT2D eigenvalue weighted by atomic mass is 19.1. The summed E-state index contributed by atoms with van der Waals surface area (Å²) >= 11 is 0. The van der Waals surface area contributed by atoms with Gasteiger partial charge in [0.1, 0.15) is 11.6 Å². The van der Waals surface area contributed by atoms with E-state index in [4.69, 9.17) is 0 Å². The number of anilines is 2. The van der Waals surface area contributed by atoms with Crippen molar-refractivity contribution >= 4 is 29.2 Å². The predicted molar refractivity (Wildman–Crippen MR) is 95.2 cm³/mol. The number of nitrogens with one attached hydrogen (secondary N) is 2. The molecule has 0 saturated carbocycles. The Hall–Kier alpha value is -3.55. The minimum absolute atomic E-state index is 0.0621. The third-order valence-electron chi connectivity index (χ3n) is 3.46. The predicted octanol–water partition coefficient (Wildman–Crippen LogP) is 3.27. The molecule has 6 nitrogen and oxygen atoms in total. The number of ether oxygens (including phenoxy) is 1. The molecule has 0 fully saturated rings. The molecular weight excluding hydrogens is 358 g/mol. The number of amides is 2. The summed E-state index contributed by atoms with van der Waals surface area (Å²) in [6, 6.07) is 8.68. The van der Waals surface area contributed by atoms with Gasteiger partial charge in [0.15, 0.2) is 0 Å². The first kappa shape index (κ1) is 19.8. The van der Waals surface area contributed by atoms with Gasteiger partial charge in [0.05, 0.1) is 18.4 Å². The van der Waals surface area contributed by atoms with Gasteiger partial charge in [-0.25, -0.2) is 13.6 Å². The summed E-state index contributed by atoms with van der Waals surface area (Å²) in [4.78, 5) is 35.4. The van der Waals surface area contributed by atoms with Gasteiger partial charge in [-0.2, -0.15) is 0 Å². The van der Waals surface area contributed by atoms with Crippen molar-refractivity contribution in [1.29, 1.82) is 0 Å². The summed E-state index contributed by atoms with van der Waals surface area (Å²) < 4.78 is 31.0. The van der Waals surface area contributed by atoms with Crippen molar-refractivity contribution in [3.63, 3.8) is 0 Å². The van der Waals surface area contributed by atoms with Gasteiger partial charge in [0.25, 0.3) is 5.91 Å². The van der Waals surface area contributed by atoms with Gasteiger partial charge in [0.2, 0.25) is 5.91 Å². The normalized spacial score (nSPS) is 10.9. The van der Waals surface area contributed by atoms with E-state index < -0.39 is 29.4 Å². The lowest BCUT2D eigenvalue weighted by Crippen LogP contribution is -2.16. The van der Waals surface area contributed by atoms with Gasteiger partial charge in [-0.15, -0.1) is 0 Å². The molecule has 0 unspecified atom stereocenters. The van der Waals surface area contributed by atoms with Crippen LogP contribution in [0.4, 0.5) is 20.2 Å². The maximum atomic E-state index is 13.5. The zero-order valence-electron chi connectivity index (χ0n) is 14.5. The lowest BCUT2D eigenvalue weighted by molar-refractivity contribution is -0.114. The molecule has 2 rings (SSSR count). The highest BCUT2D eigenvalue weighted by Crippen LogP contribution is 2.15. The Kier molecular flexibility index (Phi) is 6.37. The van der Waals surface area contributed by atoms with E-state index in [1.807, 2.05) is 0 Å². The number of carbonyl (C=O) groups excluding carboxylic acids is 3. The summed E-state index contributed by atoms with van der Waals surface area (Å²) in [6.45, 7) is 1.40. The summed E-state index contributed by atoms with van der Waals surface area (Å²) in [5, 5.41) is 4.78. The molecule has 2 amide bonds. The van der Waals surface area contributed by atoms with Crippen LogP contribution in [0.2, 0.25) is 0 Å². The second kappa shape index (κ2) is 8.70. The number of esters is 1. The Morgan fingerprint density at radius 1 is 1.00 bits per heavy atom. The number of benzene rings is 2. The quantitative estimate of drug-likeness (QED) is 0.621. The van der Waals surface area contributed by atoms with E-state index in [0.29, 0.717) is 17.3 Å². The molecule has 0 radical (unpaired) electrons. The van der Waals surface area contributed by atoms with Gasteiger partial charge in [-0.05, 0) is 43.3 Å². The SMILES string of the molecule is COC(=O)c1ccc(NC(=O)/C(C)=C/C(=O)Nc2ccc(F)cc2F)cc1. The van der Waals surface area contributed by atoms with Gasteiger partial charge in [-0.1, -0.05) is 0 Å². The van der Waals surface area contributed by atoms with E-state index in [1.165, 1.54) is 38.3 Å². The molecule has 2 N–H and O–H groups in total. The van der Waals surface area contributed by atoms with Crippen molar-refractivity contribution in [1.82, 2.24) is 0 Å². The van der Waals surface area contributed by atoms with Crippen molar-refractivity contribution in [2.45, 2.75) is 6.92 Å². The molecule has 0 spiro atoms. The van der Waals surface area contributed by atoms with Crippen LogP contribution in [0.5, 0.6) is 0 Å². The molecule has 0 atom stereocenters. The first-order chi connectivity index (χ1) is 12.8. The van der Waals surface area contributed by atoms with Crippen LogP contribution in [0, 0.1) is 11.6 Å². The third-order valence-corrected chi connectivity index (χ3v) is 3.46. The van der Waals surface area contributed by atoms with E-state index in [0.717, 1.165) is 18.2 Å². The second-order valence-electron chi connectivity index (χ2n) is 5.46. The average Bonchev–Trinajstić information content (AvgIpc) is 2.64. The lowest BCUT2D eigenvalue weighted by atomic mass is 10.2. The molecule has 0 aromatic heterocycles.